The third-order valence-corrected chi connectivity index (χ3v) is 4.19. The second-order valence-corrected chi connectivity index (χ2v) is 5.75. The van der Waals surface area contributed by atoms with Crippen molar-refractivity contribution < 1.29 is 0 Å². The highest BCUT2D eigenvalue weighted by molar-refractivity contribution is 7.09. The number of nitrogens with one attached hydrogen (secondary N) is 1. The van der Waals surface area contributed by atoms with Gasteiger partial charge < -0.3 is 5.32 Å². The van der Waals surface area contributed by atoms with Gasteiger partial charge in [-0.25, -0.2) is 4.68 Å². The molecule has 0 saturated carbocycles. The van der Waals surface area contributed by atoms with Crippen molar-refractivity contribution >= 4 is 22.2 Å². The largest absolute Gasteiger partial charge is 0.315 e. The minimum absolute atomic E-state index is 0.0827. The fraction of sp³-hybridized carbons (Fsp3) is 0.267. The minimum Gasteiger partial charge on any atom is -0.315 e. The van der Waals surface area contributed by atoms with Gasteiger partial charge in [-0.1, -0.05) is 23.4 Å². The Morgan fingerprint density at radius 2 is 2.05 bits per heavy atom. The van der Waals surface area contributed by atoms with E-state index in [-0.39, 0.29) is 5.56 Å². The second-order valence-electron chi connectivity index (χ2n) is 4.71. The van der Waals surface area contributed by atoms with Gasteiger partial charge in [0.2, 0.25) is 0 Å². The summed E-state index contributed by atoms with van der Waals surface area (Å²) in [5.74, 6) is 0. The number of hydrogen-bond acceptors (Lipinski definition) is 5. The summed E-state index contributed by atoms with van der Waals surface area (Å²) in [6, 6.07) is 11.5. The highest BCUT2D eigenvalue weighted by atomic mass is 32.1. The predicted molar refractivity (Wildman–Crippen MR) is 84.7 cm³/mol. The Morgan fingerprint density at radius 1 is 1.14 bits per heavy atom. The summed E-state index contributed by atoms with van der Waals surface area (Å²) in [6.07, 6.45) is 1.01. The van der Waals surface area contributed by atoms with Crippen LogP contribution in [0.2, 0.25) is 0 Å². The zero-order valence-corrected chi connectivity index (χ0v) is 12.3. The first-order chi connectivity index (χ1) is 10.3. The molecule has 0 radical (unpaired) electrons. The molecule has 0 fully saturated rings. The lowest BCUT2D eigenvalue weighted by atomic mass is 10.2. The average Bonchev–Trinajstić information content (AvgIpc) is 3.03. The van der Waals surface area contributed by atoms with Gasteiger partial charge in [-0.15, -0.1) is 16.4 Å². The van der Waals surface area contributed by atoms with Crippen LogP contribution in [0.25, 0.3) is 10.9 Å². The lowest BCUT2D eigenvalue weighted by molar-refractivity contribution is 0.515. The third kappa shape index (κ3) is 3.34. The Labute approximate surface area is 126 Å². The average molecular weight is 300 g/mol. The van der Waals surface area contributed by atoms with E-state index in [9.17, 15) is 4.79 Å². The number of hydrogen-bond donors (Lipinski definition) is 1. The van der Waals surface area contributed by atoms with E-state index in [1.165, 1.54) is 9.56 Å². The van der Waals surface area contributed by atoms with E-state index in [0.717, 1.165) is 13.0 Å². The molecule has 1 N–H and O–H groups in total. The molecule has 2 aromatic heterocycles. The molecule has 6 heteroatoms. The maximum absolute atomic E-state index is 12.2. The molecule has 108 valence electrons. The molecule has 0 spiro atoms. The van der Waals surface area contributed by atoms with Crippen LogP contribution in [-0.2, 0) is 13.0 Å². The number of rotatable bonds is 6. The van der Waals surface area contributed by atoms with Gasteiger partial charge in [-0.3, -0.25) is 4.79 Å². The molecule has 3 rings (SSSR count). The van der Waals surface area contributed by atoms with Crippen LogP contribution in [0.1, 0.15) is 4.88 Å². The summed E-state index contributed by atoms with van der Waals surface area (Å²) in [6.45, 7) is 2.13. The lowest BCUT2D eigenvalue weighted by Gasteiger charge is -2.06. The van der Waals surface area contributed by atoms with Crippen LogP contribution >= 0.6 is 11.3 Å². The molecular formula is C15H16N4OS. The maximum Gasteiger partial charge on any atom is 0.277 e. The van der Waals surface area contributed by atoms with Gasteiger partial charge >= 0.3 is 0 Å². The fourth-order valence-electron chi connectivity index (χ4n) is 2.15. The molecule has 1 aromatic carbocycles. The smallest absolute Gasteiger partial charge is 0.277 e. The van der Waals surface area contributed by atoms with Gasteiger partial charge in [0.15, 0.2) is 0 Å². The second kappa shape index (κ2) is 6.60. The summed E-state index contributed by atoms with van der Waals surface area (Å²) >= 11 is 1.76. The molecule has 0 aliphatic heterocycles. The molecule has 0 atom stereocenters. The Balaban J connectivity index is 1.56. The first kappa shape index (κ1) is 13.9. The molecule has 0 unspecified atom stereocenters. The van der Waals surface area contributed by atoms with Crippen molar-refractivity contribution in [1.29, 1.82) is 0 Å². The number of benzene rings is 1. The van der Waals surface area contributed by atoms with Crippen LogP contribution in [0.4, 0.5) is 0 Å². The molecule has 0 bridgehead atoms. The number of aromatic nitrogens is 3. The molecule has 21 heavy (non-hydrogen) atoms. The van der Waals surface area contributed by atoms with Gasteiger partial charge in [-0.05, 0) is 30.0 Å². The summed E-state index contributed by atoms with van der Waals surface area (Å²) in [4.78, 5) is 13.6. The normalized spacial score (nSPS) is 11.0. The van der Waals surface area contributed by atoms with Crippen molar-refractivity contribution in [2.75, 3.05) is 13.1 Å². The number of thiophene rings is 1. The van der Waals surface area contributed by atoms with Crippen molar-refractivity contribution in [3.05, 3.63) is 57.0 Å². The summed E-state index contributed by atoms with van der Waals surface area (Å²) < 4.78 is 1.42. The van der Waals surface area contributed by atoms with Crippen LogP contribution in [0.15, 0.2) is 46.6 Å². The van der Waals surface area contributed by atoms with Crippen molar-refractivity contribution in [3.8, 4) is 0 Å². The first-order valence-electron chi connectivity index (χ1n) is 6.90. The zero-order valence-electron chi connectivity index (χ0n) is 11.5. The van der Waals surface area contributed by atoms with E-state index < -0.39 is 0 Å². The maximum atomic E-state index is 12.2. The van der Waals surface area contributed by atoms with Gasteiger partial charge in [0, 0.05) is 18.0 Å². The minimum atomic E-state index is -0.0827. The highest BCUT2D eigenvalue weighted by Crippen LogP contribution is 2.08. The first-order valence-corrected chi connectivity index (χ1v) is 7.78. The van der Waals surface area contributed by atoms with Crippen LogP contribution in [0.5, 0.6) is 0 Å². The quantitative estimate of drug-likeness (QED) is 0.704. The monoisotopic (exact) mass is 300 g/mol. The van der Waals surface area contributed by atoms with Gasteiger partial charge in [0.1, 0.15) is 5.52 Å². The molecule has 3 aromatic rings. The molecule has 5 nitrogen and oxygen atoms in total. The Morgan fingerprint density at radius 3 is 2.90 bits per heavy atom. The summed E-state index contributed by atoms with van der Waals surface area (Å²) in [5, 5.41) is 14.1. The lowest BCUT2D eigenvalue weighted by Crippen LogP contribution is -2.30. The van der Waals surface area contributed by atoms with Crippen LogP contribution < -0.4 is 10.9 Å². The van der Waals surface area contributed by atoms with E-state index in [0.29, 0.717) is 24.0 Å². The van der Waals surface area contributed by atoms with Crippen molar-refractivity contribution in [2.24, 2.45) is 0 Å². The Hall–Kier alpha value is -2.05. The van der Waals surface area contributed by atoms with E-state index in [1.54, 1.807) is 23.5 Å². The molecular weight excluding hydrogens is 284 g/mol. The van der Waals surface area contributed by atoms with Crippen LogP contribution in [-0.4, -0.2) is 28.1 Å². The Kier molecular flexibility index (Phi) is 4.37. The summed E-state index contributed by atoms with van der Waals surface area (Å²) in [7, 11) is 0. The van der Waals surface area contributed by atoms with Crippen LogP contribution in [0.3, 0.4) is 0 Å². The molecule has 2 heterocycles. The molecule has 0 aliphatic rings. The van der Waals surface area contributed by atoms with E-state index in [2.05, 4.69) is 33.1 Å². The molecule has 0 amide bonds. The molecule has 0 saturated heterocycles. The number of fused-ring (bicyclic) bond motifs is 1. The third-order valence-electron chi connectivity index (χ3n) is 3.26. The standard InChI is InChI=1S/C15H16N4OS/c20-15-13-5-1-2-6-14(13)17-18-19(15)10-9-16-8-7-12-4-3-11-21-12/h1-6,11,16H,7-10H2. The Bertz CT molecular complexity index is 767. The predicted octanol–water partition coefficient (Wildman–Crippen LogP) is 1.69. The zero-order chi connectivity index (χ0) is 14.5. The highest BCUT2D eigenvalue weighted by Gasteiger charge is 2.04. The van der Waals surface area contributed by atoms with Gasteiger partial charge in [-0.2, -0.15) is 0 Å². The number of nitrogens with zero attached hydrogens (tertiary/aromatic N) is 3. The van der Waals surface area contributed by atoms with Crippen LogP contribution in [0, 0.1) is 0 Å². The van der Waals surface area contributed by atoms with E-state index in [4.69, 9.17) is 0 Å². The fourth-order valence-corrected chi connectivity index (χ4v) is 2.86. The van der Waals surface area contributed by atoms with Crippen molar-refractivity contribution in [3.63, 3.8) is 0 Å². The SMILES string of the molecule is O=c1c2ccccc2nnn1CCNCCc1cccs1. The topological polar surface area (TPSA) is 59.8 Å². The molecule has 0 aliphatic carbocycles. The summed E-state index contributed by atoms with van der Waals surface area (Å²) in [5.41, 5.74) is 0.560. The van der Waals surface area contributed by atoms with Crippen molar-refractivity contribution in [2.45, 2.75) is 13.0 Å². The van der Waals surface area contributed by atoms with Gasteiger partial charge in [0.25, 0.3) is 5.56 Å². The van der Waals surface area contributed by atoms with Crippen molar-refractivity contribution in [1.82, 2.24) is 20.3 Å². The van der Waals surface area contributed by atoms with Gasteiger partial charge in [0.05, 0.1) is 11.9 Å². The van der Waals surface area contributed by atoms with E-state index in [1.807, 2.05) is 12.1 Å². The van der Waals surface area contributed by atoms with E-state index >= 15 is 0 Å².